The fraction of sp³-hybridized carbons (Fsp3) is 0.632. The van der Waals surface area contributed by atoms with E-state index in [4.69, 9.17) is 27.9 Å². The molecule has 1 aromatic rings. The summed E-state index contributed by atoms with van der Waals surface area (Å²) in [5, 5.41) is 4.29. The molecular formula is C19H26Cl2N2O4S. The van der Waals surface area contributed by atoms with Crippen molar-refractivity contribution in [3.8, 4) is 0 Å². The lowest BCUT2D eigenvalue weighted by Crippen LogP contribution is -2.48. The van der Waals surface area contributed by atoms with E-state index in [-0.39, 0.29) is 17.2 Å². The molecule has 0 radical (unpaired) electrons. The molecule has 0 aliphatic carbocycles. The molecule has 1 amide bonds. The van der Waals surface area contributed by atoms with Crippen LogP contribution in [0.5, 0.6) is 0 Å². The van der Waals surface area contributed by atoms with Gasteiger partial charge in [0.2, 0.25) is 15.9 Å². The van der Waals surface area contributed by atoms with E-state index in [9.17, 15) is 13.2 Å². The van der Waals surface area contributed by atoms with Gasteiger partial charge in [0.1, 0.15) is 0 Å². The van der Waals surface area contributed by atoms with Crippen molar-refractivity contribution in [1.82, 2.24) is 9.62 Å². The fourth-order valence-electron chi connectivity index (χ4n) is 4.07. The SMILES string of the molecule is CS(=O)(=O)N1CCC(C(=O)NCC2(c3ccc(Cl)cc3Cl)CCOCC2)CC1. The second kappa shape index (κ2) is 8.88. The normalized spacial score (nSPS) is 21.4. The lowest BCUT2D eigenvalue weighted by Gasteiger charge is -2.39. The number of sulfonamides is 1. The van der Waals surface area contributed by atoms with Crippen LogP contribution in [0.3, 0.4) is 0 Å². The van der Waals surface area contributed by atoms with Crippen LogP contribution in [0, 0.1) is 5.92 Å². The van der Waals surface area contributed by atoms with Crippen LogP contribution in [0.4, 0.5) is 0 Å². The number of benzene rings is 1. The highest BCUT2D eigenvalue weighted by molar-refractivity contribution is 7.88. The average Bonchev–Trinajstić information content (AvgIpc) is 2.66. The fourth-order valence-corrected chi connectivity index (χ4v) is 5.56. The first kappa shape index (κ1) is 21.8. The summed E-state index contributed by atoms with van der Waals surface area (Å²) >= 11 is 12.5. The van der Waals surface area contributed by atoms with Gasteiger partial charge in [0.25, 0.3) is 0 Å². The summed E-state index contributed by atoms with van der Waals surface area (Å²) in [5.74, 6) is -0.195. The van der Waals surface area contributed by atoms with E-state index < -0.39 is 10.0 Å². The summed E-state index contributed by atoms with van der Waals surface area (Å²) in [7, 11) is -3.20. The number of amides is 1. The van der Waals surface area contributed by atoms with Crippen LogP contribution in [0.1, 0.15) is 31.2 Å². The summed E-state index contributed by atoms with van der Waals surface area (Å²) in [4.78, 5) is 12.7. The van der Waals surface area contributed by atoms with Crippen molar-refractivity contribution in [3.63, 3.8) is 0 Å². The molecular weight excluding hydrogens is 423 g/mol. The number of carbonyl (C=O) groups excluding carboxylic acids is 1. The van der Waals surface area contributed by atoms with Gasteiger partial charge in [-0.3, -0.25) is 4.79 Å². The Morgan fingerprint density at radius 1 is 1.25 bits per heavy atom. The van der Waals surface area contributed by atoms with Crippen molar-refractivity contribution in [2.45, 2.75) is 31.1 Å². The summed E-state index contributed by atoms with van der Waals surface area (Å²) in [6.07, 6.45) is 3.81. The minimum atomic E-state index is -3.20. The Hall–Kier alpha value is -0.860. The summed E-state index contributed by atoms with van der Waals surface area (Å²) in [5.41, 5.74) is 0.692. The Morgan fingerprint density at radius 3 is 2.46 bits per heavy atom. The zero-order valence-corrected chi connectivity index (χ0v) is 18.2. The Kier molecular flexibility index (Phi) is 6.92. The Morgan fingerprint density at radius 2 is 1.89 bits per heavy atom. The maximum Gasteiger partial charge on any atom is 0.223 e. The Balaban J connectivity index is 1.67. The first-order valence-corrected chi connectivity index (χ1v) is 12.1. The molecule has 0 bridgehead atoms. The highest BCUT2D eigenvalue weighted by Crippen LogP contribution is 2.39. The molecule has 3 rings (SSSR count). The van der Waals surface area contributed by atoms with Crippen LogP contribution in [0.2, 0.25) is 10.0 Å². The number of carbonyl (C=O) groups is 1. The molecule has 2 aliphatic rings. The van der Waals surface area contributed by atoms with Gasteiger partial charge >= 0.3 is 0 Å². The van der Waals surface area contributed by atoms with Gasteiger partial charge in [-0.2, -0.15) is 0 Å². The number of piperidine rings is 1. The van der Waals surface area contributed by atoms with E-state index in [1.165, 1.54) is 10.6 Å². The molecule has 0 unspecified atom stereocenters. The Bertz CT molecular complexity index is 817. The van der Waals surface area contributed by atoms with E-state index in [0.717, 1.165) is 18.4 Å². The van der Waals surface area contributed by atoms with Crippen LogP contribution in [-0.2, 0) is 25.0 Å². The molecule has 2 heterocycles. The molecule has 9 heteroatoms. The zero-order valence-electron chi connectivity index (χ0n) is 15.9. The number of halogens is 2. The van der Waals surface area contributed by atoms with E-state index in [2.05, 4.69) is 5.32 Å². The maximum atomic E-state index is 12.7. The van der Waals surface area contributed by atoms with Gasteiger partial charge in [-0.25, -0.2) is 12.7 Å². The lowest BCUT2D eigenvalue weighted by atomic mass is 9.74. The van der Waals surface area contributed by atoms with Crippen molar-refractivity contribution in [2.24, 2.45) is 5.92 Å². The molecule has 0 aromatic heterocycles. The first-order valence-electron chi connectivity index (χ1n) is 9.47. The number of hydrogen-bond donors (Lipinski definition) is 1. The third-order valence-corrected chi connectivity index (χ3v) is 7.70. The molecule has 0 atom stereocenters. The van der Waals surface area contributed by atoms with E-state index in [0.29, 0.717) is 55.7 Å². The topological polar surface area (TPSA) is 75.7 Å². The van der Waals surface area contributed by atoms with Gasteiger partial charge in [0, 0.05) is 54.2 Å². The smallest absolute Gasteiger partial charge is 0.223 e. The summed E-state index contributed by atoms with van der Waals surface area (Å²) in [6.45, 7) is 2.48. The molecule has 2 aliphatic heterocycles. The van der Waals surface area contributed by atoms with Crippen LogP contribution in [0.25, 0.3) is 0 Å². The summed E-state index contributed by atoms with van der Waals surface area (Å²) in [6, 6.07) is 5.49. The second-order valence-corrected chi connectivity index (χ2v) is 10.5. The van der Waals surface area contributed by atoms with E-state index in [1.807, 2.05) is 12.1 Å². The standard InChI is InChI=1S/C19H26Cl2N2O4S/c1-28(25,26)23-8-4-14(5-9-23)18(24)22-13-19(6-10-27-11-7-19)16-3-2-15(20)12-17(16)21/h2-3,12,14H,4-11,13H2,1H3,(H,22,24). The van der Waals surface area contributed by atoms with Gasteiger partial charge in [-0.15, -0.1) is 0 Å². The number of nitrogens with one attached hydrogen (secondary N) is 1. The molecule has 156 valence electrons. The number of ether oxygens (including phenoxy) is 1. The maximum absolute atomic E-state index is 12.7. The molecule has 6 nitrogen and oxygen atoms in total. The van der Waals surface area contributed by atoms with E-state index in [1.54, 1.807) is 6.07 Å². The third-order valence-electron chi connectivity index (χ3n) is 5.85. The van der Waals surface area contributed by atoms with Crippen molar-refractivity contribution in [3.05, 3.63) is 33.8 Å². The van der Waals surface area contributed by atoms with Gasteiger partial charge < -0.3 is 10.1 Å². The molecule has 1 aromatic carbocycles. The number of rotatable bonds is 5. The van der Waals surface area contributed by atoms with Crippen molar-refractivity contribution in [1.29, 1.82) is 0 Å². The highest BCUT2D eigenvalue weighted by Gasteiger charge is 2.37. The average molecular weight is 449 g/mol. The second-order valence-electron chi connectivity index (χ2n) is 7.67. The lowest BCUT2D eigenvalue weighted by molar-refractivity contribution is -0.126. The van der Waals surface area contributed by atoms with Crippen LogP contribution >= 0.6 is 23.2 Å². The highest BCUT2D eigenvalue weighted by atomic mass is 35.5. The predicted molar refractivity (Wildman–Crippen MR) is 110 cm³/mol. The monoisotopic (exact) mass is 448 g/mol. The minimum Gasteiger partial charge on any atom is -0.381 e. The molecule has 0 spiro atoms. The van der Waals surface area contributed by atoms with Crippen molar-refractivity contribution in [2.75, 3.05) is 39.1 Å². The molecule has 28 heavy (non-hydrogen) atoms. The van der Waals surface area contributed by atoms with Gasteiger partial charge in [0.05, 0.1) is 6.26 Å². The number of nitrogens with zero attached hydrogens (tertiary/aromatic N) is 1. The molecule has 1 N–H and O–H groups in total. The molecule has 2 fully saturated rings. The largest absolute Gasteiger partial charge is 0.381 e. The quantitative estimate of drug-likeness (QED) is 0.750. The van der Waals surface area contributed by atoms with Gasteiger partial charge in [-0.05, 0) is 43.4 Å². The van der Waals surface area contributed by atoms with Gasteiger partial charge in [0.15, 0.2) is 0 Å². The zero-order chi connectivity index (χ0) is 20.4. The minimum absolute atomic E-state index is 0.0240. The van der Waals surface area contributed by atoms with Crippen molar-refractivity contribution < 1.29 is 17.9 Å². The first-order chi connectivity index (χ1) is 13.2. The van der Waals surface area contributed by atoms with E-state index >= 15 is 0 Å². The predicted octanol–water partition coefficient (Wildman–Crippen LogP) is 2.83. The molecule has 0 saturated carbocycles. The van der Waals surface area contributed by atoms with Crippen LogP contribution in [-0.4, -0.2) is 57.7 Å². The third kappa shape index (κ3) is 5.00. The van der Waals surface area contributed by atoms with Crippen LogP contribution < -0.4 is 5.32 Å². The van der Waals surface area contributed by atoms with Crippen LogP contribution in [0.15, 0.2) is 18.2 Å². The number of hydrogen-bond acceptors (Lipinski definition) is 4. The van der Waals surface area contributed by atoms with Crippen molar-refractivity contribution >= 4 is 39.1 Å². The molecule has 2 saturated heterocycles. The summed E-state index contributed by atoms with van der Waals surface area (Å²) < 4.78 is 30.3. The van der Waals surface area contributed by atoms with Gasteiger partial charge in [-0.1, -0.05) is 29.3 Å². The Labute approximate surface area is 176 Å².